The van der Waals surface area contributed by atoms with Crippen molar-refractivity contribution in [1.82, 2.24) is 4.72 Å². The average Bonchev–Trinajstić information content (AvgIpc) is 2.40. The van der Waals surface area contributed by atoms with Crippen molar-refractivity contribution in [3.63, 3.8) is 0 Å². The number of hydrogen-bond donors (Lipinski definition) is 1. The Morgan fingerprint density at radius 2 is 1.44 bits per heavy atom. The van der Waals surface area contributed by atoms with Crippen molar-refractivity contribution in [2.75, 3.05) is 7.05 Å². The SMILES string of the molecule is CNS(=O)(=O)c1ccc(Oc2ccccc2)cc1. The van der Waals surface area contributed by atoms with Gasteiger partial charge in [0, 0.05) is 0 Å². The normalized spacial score (nSPS) is 11.2. The molecule has 0 aliphatic heterocycles. The van der Waals surface area contributed by atoms with Crippen LogP contribution >= 0.6 is 0 Å². The zero-order chi connectivity index (χ0) is 13.0. The van der Waals surface area contributed by atoms with E-state index in [4.69, 9.17) is 4.74 Å². The van der Waals surface area contributed by atoms with Crippen LogP contribution in [0.5, 0.6) is 11.5 Å². The van der Waals surface area contributed by atoms with Crippen LogP contribution in [0.4, 0.5) is 0 Å². The molecule has 0 aromatic heterocycles. The van der Waals surface area contributed by atoms with E-state index in [-0.39, 0.29) is 4.90 Å². The molecule has 0 spiro atoms. The summed E-state index contributed by atoms with van der Waals surface area (Å²) in [5, 5.41) is 0. The Balaban J connectivity index is 2.19. The topological polar surface area (TPSA) is 55.4 Å². The minimum Gasteiger partial charge on any atom is -0.457 e. The minimum atomic E-state index is -3.39. The summed E-state index contributed by atoms with van der Waals surface area (Å²) in [6, 6.07) is 15.6. The fraction of sp³-hybridized carbons (Fsp3) is 0.0769. The summed E-state index contributed by atoms with van der Waals surface area (Å²) >= 11 is 0. The van der Waals surface area contributed by atoms with E-state index in [1.165, 1.54) is 19.2 Å². The Bertz CT molecular complexity index is 606. The summed E-state index contributed by atoms with van der Waals surface area (Å²) in [5.74, 6) is 1.30. The van der Waals surface area contributed by atoms with E-state index in [1.54, 1.807) is 12.1 Å². The number of ether oxygens (including phenoxy) is 1. The Morgan fingerprint density at radius 3 is 2.00 bits per heavy atom. The molecule has 0 radical (unpaired) electrons. The van der Waals surface area contributed by atoms with Crippen molar-refractivity contribution in [2.24, 2.45) is 0 Å². The molecule has 0 saturated carbocycles. The summed E-state index contributed by atoms with van der Waals surface area (Å²) in [6.45, 7) is 0. The first-order valence-electron chi connectivity index (χ1n) is 5.38. The summed E-state index contributed by atoms with van der Waals surface area (Å²) in [6.07, 6.45) is 0. The quantitative estimate of drug-likeness (QED) is 0.921. The molecule has 0 atom stereocenters. The van der Waals surface area contributed by atoms with Gasteiger partial charge in [0.2, 0.25) is 10.0 Å². The van der Waals surface area contributed by atoms with Gasteiger partial charge in [-0.2, -0.15) is 0 Å². The summed E-state index contributed by atoms with van der Waals surface area (Å²) in [4.78, 5) is 0.213. The number of nitrogens with one attached hydrogen (secondary N) is 1. The molecule has 1 N–H and O–H groups in total. The fourth-order valence-corrected chi connectivity index (χ4v) is 2.16. The standard InChI is InChI=1S/C13H13NO3S/c1-14-18(15,16)13-9-7-12(8-10-13)17-11-5-3-2-4-6-11/h2-10,14H,1H3. The van der Waals surface area contributed by atoms with Crippen molar-refractivity contribution in [3.8, 4) is 11.5 Å². The third-order valence-electron chi connectivity index (χ3n) is 2.38. The molecule has 2 aromatic rings. The molecule has 0 amide bonds. The highest BCUT2D eigenvalue weighted by Gasteiger charge is 2.10. The molecule has 0 bridgehead atoms. The van der Waals surface area contributed by atoms with Gasteiger partial charge in [-0.15, -0.1) is 0 Å². The van der Waals surface area contributed by atoms with Gasteiger partial charge in [0.25, 0.3) is 0 Å². The third-order valence-corrected chi connectivity index (χ3v) is 3.81. The van der Waals surface area contributed by atoms with Crippen molar-refractivity contribution >= 4 is 10.0 Å². The lowest BCUT2D eigenvalue weighted by Crippen LogP contribution is -2.18. The highest BCUT2D eigenvalue weighted by Crippen LogP contribution is 2.22. The molecule has 94 valence electrons. The smallest absolute Gasteiger partial charge is 0.240 e. The van der Waals surface area contributed by atoms with E-state index in [1.807, 2.05) is 30.3 Å². The first-order chi connectivity index (χ1) is 8.62. The van der Waals surface area contributed by atoms with E-state index in [0.717, 1.165) is 0 Å². The van der Waals surface area contributed by atoms with E-state index < -0.39 is 10.0 Å². The molecule has 18 heavy (non-hydrogen) atoms. The lowest BCUT2D eigenvalue weighted by atomic mass is 10.3. The van der Waals surface area contributed by atoms with Crippen LogP contribution in [0.15, 0.2) is 59.5 Å². The van der Waals surface area contributed by atoms with Crippen LogP contribution in [0.25, 0.3) is 0 Å². The van der Waals surface area contributed by atoms with Crippen LogP contribution < -0.4 is 9.46 Å². The highest BCUT2D eigenvalue weighted by atomic mass is 32.2. The number of sulfonamides is 1. The molecule has 5 heteroatoms. The largest absolute Gasteiger partial charge is 0.457 e. The second-order valence-corrected chi connectivity index (χ2v) is 5.48. The molecule has 2 aromatic carbocycles. The molecule has 0 aliphatic rings. The second-order valence-electron chi connectivity index (χ2n) is 3.59. The second kappa shape index (κ2) is 5.20. The van der Waals surface area contributed by atoms with Gasteiger partial charge in [-0.1, -0.05) is 18.2 Å². The number of benzene rings is 2. The first-order valence-corrected chi connectivity index (χ1v) is 6.87. The maximum atomic E-state index is 11.5. The molecule has 0 unspecified atom stereocenters. The third kappa shape index (κ3) is 2.88. The highest BCUT2D eigenvalue weighted by molar-refractivity contribution is 7.89. The van der Waals surface area contributed by atoms with Crippen LogP contribution in [-0.4, -0.2) is 15.5 Å². The lowest BCUT2D eigenvalue weighted by Gasteiger charge is -2.06. The van der Waals surface area contributed by atoms with Gasteiger partial charge in [-0.25, -0.2) is 13.1 Å². The minimum absolute atomic E-state index is 0.213. The summed E-state index contributed by atoms with van der Waals surface area (Å²) < 4.78 is 30.9. The van der Waals surface area contributed by atoms with Crippen LogP contribution in [0.3, 0.4) is 0 Å². The number of para-hydroxylation sites is 1. The Hall–Kier alpha value is -1.85. The molecule has 0 heterocycles. The molecule has 0 aliphatic carbocycles. The maximum Gasteiger partial charge on any atom is 0.240 e. The van der Waals surface area contributed by atoms with Gasteiger partial charge >= 0.3 is 0 Å². The molecule has 2 rings (SSSR count). The Morgan fingerprint density at radius 1 is 0.889 bits per heavy atom. The Kier molecular flexibility index (Phi) is 3.64. The molecule has 0 saturated heterocycles. The van der Waals surface area contributed by atoms with E-state index in [9.17, 15) is 8.42 Å². The van der Waals surface area contributed by atoms with E-state index in [0.29, 0.717) is 11.5 Å². The van der Waals surface area contributed by atoms with Crippen LogP contribution in [-0.2, 0) is 10.0 Å². The van der Waals surface area contributed by atoms with Gasteiger partial charge in [0.15, 0.2) is 0 Å². The van der Waals surface area contributed by atoms with Crippen molar-refractivity contribution in [1.29, 1.82) is 0 Å². The van der Waals surface area contributed by atoms with Crippen LogP contribution in [0.2, 0.25) is 0 Å². The van der Waals surface area contributed by atoms with Gasteiger partial charge in [-0.3, -0.25) is 0 Å². The van der Waals surface area contributed by atoms with Gasteiger partial charge < -0.3 is 4.74 Å². The Labute approximate surface area is 106 Å². The van der Waals surface area contributed by atoms with Crippen molar-refractivity contribution in [2.45, 2.75) is 4.90 Å². The fourth-order valence-electron chi connectivity index (χ4n) is 1.43. The van der Waals surface area contributed by atoms with Gasteiger partial charge in [0.05, 0.1) is 4.90 Å². The summed E-state index contributed by atoms with van der Waals surface area (Å²) in [7, 11) is -2.01. The molecular weight excluding hydrogens is 250 g/mol. The maximum absolute atomic E-state index is 11.5. The number of rotatable bonds is 4. The number of hydrogen-bond acceptors (Lipinski definition) is 3. The molecule has 4 nitrogen and oxygen atoms in total. The van der Waals surface area contributed by atoms with Crippen molar-refractivity contribution in [3.05, 3.63) is 54.6 Å². The monoisotopic (exact) mass is 263 g/mol. The van der Waals surface area contributed by atoms with Crippen LogP contribution in [0.1, 0.15) is 0 Å². The first kappa shape index (κ1) is 12.6. The molecular formula is C13H13NO3S. The predicted molar refractivity (Wildman–Crippen MR) is 69.2 cm³/mol. The zero-order valence-electron chi connectivity index (χ0n) is 9.83. The van der Waals surface area contributed by atoms with Crippen LogP contribution in [0, 0.1) is 0 Å². The van der Waals surface area contributed by atoms with Gasteiger partial charge in [0.1, 0.15) is 11.5 Å². The van der Waals surface area contributed by atoms with Crippen molar-refractivity contribution < 1.29 is 13.2 Å². The molecule has 0 fully saturated rings. The predicted octanol–water partition coefficient (Wildman–Crippen LogP) is 2.39. The zero-order valence-corrected chi connectivity index (χ0v) is 10.6. The lowest BCUT2D eigenvalue weighted by molar-refractivity contribution is 0.482. The van der Waals surface area contributed by atoms with E-state index >= 15 is 0 Å². The van der Waals surface area contributed by atoms with E-state index in [2.05, 4.69) is 4.72 Å². The van der Waals surface area contributed by atoms with Gasteiger partial charge in [-0.05, 0) is 43.4 Å². The summed E-state index contributed by atoms with van der Waals surface area (Å²) in [5.41, 5.74) is 0. The average molecular weight is 263 g/mol.